The van der Waals surface area contributed by atoms with Gasteiger partial charge in [-0.05, 0) is 46.9 Å². The third-order valence-electron chi connectivity index (χ3n) is 6.44. The molecule has 0 aliphatic heterocycles. The second kappa shape index (κ2) is 10.3. The summed E-state index contributed by atoms with van der Waals surface area (Å²) in [6.07, 6.45) is 2.62. The average Bonchev–Trinajstić information content (AvgIpc) is 3.34. The topological polar surface area (TPSA) is 51.3 Å². The summed E-state index contributed by atoms with van der Waals surface area (Å²) in [7, 11) is 0. The minimum atomic E-state index is -0.0943. The van der Waals surface area contributed by atoms with E-state index < -0.39 is 0 Å². The molecule has 1 N–H and O–H groups in total. The number of nitrogens with one attached hydrogen (secondary N) is 1. The first kappa shape index (κ1) is 23.1. The lowest BCUT2D eigenvalue weighted by Gasteiger charge is -2.17. The van der Waals surface area contributed by atoms with Crippen LogP contribution in [0.2, 0.25) is 0 Å². The Kier molecular flexibility index (Phi) is 6.59. The van der Waals surface area contributed by atoms with Crippen molar-refractivity contribution in [3.8, 4) is 11.1 Å². The van der Waals surface area contributed by atoms with Crippen LogP contribution in [-0.2, 0) is 6.54 Å². The van der Waals surface area contributed by atoms with Crippen molar-refractivity contribution >= 4 is 22.6 Å². The molecule has 5 rings (SSSR count). The number of rotatable bonds is 7. The average molecular weight is 471 g/mol. The van der Waals surface area contributed by atoms with Crippen LogP contribution in [0.15, 0.2) is 103 Å². The summed E-state index contributed by atoms with van der Waals surface area (Å²) in [5, 5.41) is 3.17. The lowest BCUT2D eigenvalue weighted by Crippen LogP contribution is -2.28. The highest BCUT2D eigenvalue weighted by Gasteiger charge is 2.15. The van der Waals surface area contributed by atoms with Crippen LogP contribution in [0.25, 0.3) is 27.0 Å². The van der Waals surface area contributed by atoms with Crippen molar-refractivity contribution in [2.45, 2.75) is 25.9 Å². The summed E-state index contributed by atoms with van der Waals surface area (Å²) in [6, 6.07) is 31.5. The lowest BCUT2D eigenvalue weighted by atomic mass is 10.0. The van der Waals surface area contributed by atoms with Gasteiger partial charge in [-0.15, -0.1) is 0 Å². The molecule has 36 heavy (non-hydrogen) atoms. The second-order valence-corrected chi connectivity index (χ2v) is 8.75. The number of carbonyl (C=O) groups is 1. The summed E-state index contributed by atoms with van der Waals surface area (Å²) in [6.45, 7) is 10.1. The molecule has 4 aromatic carbocycles. The van der Waals surface area contributed by atoms with Crippen LogP contribution in [0.5, 0.6) is 0 Å². The highest BCUT2D eigenvalue weighted by atomic mass is 16.1. The van der Waals surface area contributed by atoms with Gasteiger partial charge in [0.15, 0.2) is 5.69 Å². The van der Waals surface area contributed by atoms with Gasteiger partial charge in [0.05, 0.1) is 30.0 Å². The standard InChI is InChI=1S/C31H26N4O/c1-3-27(24-9-5-4-6-10-24)34-31(36)25-17-18-29-30(19-25)35(21-33-29)20-22-13-15-23(16-14-22)26-11-7-8-12-28(26)32-2/h4-19,21,27H,3,20H2,1H3,(H,34,36). The number of hydrogen-bond donors (Lipinski definition) is 1. The third kappa shape index (κ3) is 4.75. The van der Waals surface area contributed by atoms with Gasteiger partial charge in [0, 0.05) is 12.1 Å². The van der Waals surface area contributed by atoms with Crippen molar-refractivity contribution in [1.29, 1.82) is 0 Å². The van der Waals surface area contributed by atoms with Gasteiger partial charge in [-0.2, -0.15) is 0 Å². The summed E-state index contributed by atoms with van der Waals surface area (Å²) in [5.74, 6) is -0.0943. The molecular weight excluding hydrogens is 444 g/mol. The number of amides is 1. The summed E-state index contributed by atoms with van der Waals surface area (Å²) >= 11 is 0. The number of fused-ring (bicyclic) bond motifs is 1. The molecule has 5 aromatic rings. The third-order valence-corrected chi connectivity index (χ3v) is 6.44. The van der Waals surface area contributed by atoms with Gasteiger partial charge in [0.2, 0.25) is 0 Å². The van der Waals surface area contributed by atoms with Crippen LogP contribution in [0.4, 0.5) is 5.69 Å². The summed E-state index contributed by atoms with van der Waals surface area (Å²) in [4.78, 5) is 21.2. The van der Waals surface area contributed by atoms with Crippen LogP contribution in [0.1, 0.15) is 40.9 Å². The van der Waals surface area contributed by atoms with Crippen molar-refractivity contribution in [2.24, 2.45) is 0 Å². The van der Waals surface area contributed by atoms with Gasteiger partial charge in [-0.3, -0.25) is 4.79 Å². The van der Waals surface area contributed by atoms with Crippen molar-refractivity contribution in [2.75, 3.05) is 0 Å². The van der Waals surface area contributed by atoms with E-state index in [1.165, 1.54) is 0 Å². The SMILES string of the molecule is [C-]#[N+]c1ccccc1-c1ccc(Cn2cnc3ccc(C(=O)NC(CC)c4ccccc4)cc32)cc1. The number of benzene rings is 4. The molecule has 5 heteroatoms. The molecule has 0 aliphatic rings. The molecule has 1 amide bonds. The molecule has 176 valence electrons. The van der Waals surface area contributed by atoms with Crippen molar-refractivity contribution in [1.82, 2.24) is 14.9 Å². The Bertz CT molecular complexity index is 1550. The Hall–Kier alpha value is -4.69. The fourth-order valence-corrected chi connectivity index (χ4v) is 4.47. The van der Waals surface area contributed by atoms with E-state index in [4.69, 9.17) is 6.57 Å². The maximum absolute atomic E-state index is 13.1. The first-order valence-electron chi connectivity index (χ1n) is 12.0. The van der Waals surface area contributed by atoms with Crippen LogP contribution in [-0.4, -0.2) is 15.5 Å². The number of aromatic nitrogens is 2. The molecule has 5 nitrogen and oxygen atoms in total. The molecule has 1 aromatic heterocycles. The van der Waals surface area contributed by atoms with Gasteiger partial charge in [-0.1, -0.05) is 85.8 Å². The fourth-order valence-electron chi connectivity index (χ4n) is 4.47. The number of nitrogens with zero attached hydrogens (tertiary/aromatic N) is 3. The van der Waals surface area contributed by atoms with E-state index >= 15 is 0 Å². The van der Waals surface area contributed by atoms with Crippen LogP contribution in [0.3, 0.4) is 0 Å². The zero-order chi connectivity index (χ0) is 24.9. The normalized spacial score (nSPS) is 11.7. The largest absolute Gasteiger partial charge is 0.345 e. The van der Waals surface area contributed by atoms with Crippen LogP contribution >= 0.6 is 0 Å². The second-order valence-electron chi connectivity index (χ2n) is 8.75. The van der Waals surface area contributed by atoms with E-state index in [0.29, 0.717) is 17.8 Å². The Balaban J connectivity index is 1.36. The van der Waals surface area contributed by atoms with E-state index in [1.807, 2.05) is 91.3 Å². The molecule has 1 atom stereocenters. The number of para-hydroxylation sites is 1. The molecule has 0 saturated carbocycles. The predicted molar refractivity (Wildman–Crippen MR) is 144 cm³/mol. The van der Waals surface area contributed by atoms with E-state index in [-0.39, 0.29) is 11.9 Å². The quantitative estimate of drug-likeness (QED) is 0.256. The van der Waals surface area contributed by atoms with E-state index in [1.54, 1.807) is 0 Å². The molecule has 1 heterocycles. The zero-order valence-corrected chi connectivity index (χ0v) is 20.1. The minimum absolute atomic E-state index is 0.0363. The van der Waals surface area contributed by atoms with Gasteiger partial charge < -0.3 is 9.88 Å². The van der Waals surface area contributed by atoms with Crippen LogP contribution < -0.4 is 5.32 Å². The highest BCUT2D eigenvalue weighted by Crippen LogP contribution is 2.30. The van der Waals surface area contributed by atoms with Crippen molar-refractivity contribution in [3.63, 3.8) is 0 Å². The number of hydrogen-bond acceptors (Lipinski definition) is 2. The minimum Gasteiger partial charge on any atom is -0.345 e. The molecule has 0 fully saturated rings. The maximum atomic E-state index is 13.1. The molecule has 1 unspecified atom stereocenters. The first-order valence-corrected chi connectivity index (χ1v) is 12.0. The van der Waals surface area contributed by atoms with E-state index in [9.17, 15) is 4.79 Å². The van der Waals surface area contributed by atoms with Gasteiger partial charge in [-0.25, -0.2) is 9.83 Å². The Labute approximate surface area is 210 Å². The van der Waals surface area contributed by atoms with Crippen molar-refractivity contribution < 1.29 is 4.79 Å². The summed E-state index contributed by atoms with van der Waals surface area (Å²) in [5.41, 5.74) is 7.19. The Morgan fingerprint density at radius 1 is 0.972 bits per heavy atom. The zero-order valence-electron chi connectivity index (χ0n) is 20.1. The lowest BCUT2D eigenvalue weighted by molar-refractivity contribution is 0.0935. The molecular formula is C31H26N4O. The number of carbonyl (C=O) groups excluding carboxylic acids is 1. The maximum Gasteiger partial charge on any atom is 0.251 e. The molecule has 0 bridgehead atoms. The van der Waals surface area contributed by atoms with Gasteiger partial charge in [0.1, 0.15) is 0 Å². The van der Waals surface area contributed by atoms with E-state index in [2.05, 4.69) is 38.8 Å². The first-order chi connectivity index (χ1) is 17.7. The fraction of sp³-hybridized carbons (Fsp3) is 0.129. The highest BCUT2D eigenvalue weighted by molar-refractivity contribution is 5.97. The molecule has 0 radical (unpaired) electrons. The smallest absolute Gasteiger partial charge is 0.251 e. The predicted octanol–water partition coefficient (Wildman–Crippen LogP) is 7.18. The number of imidazole rings is 1. The molecule has 0 saturated heterocycles. The van der Waals surface area contributed by atoms with Gasteiger partial charge in [0.25, 0.3) is 5.91 Å². The Morgan fingerprint density at radius 2 is 1.72 bits per heavy atom. The van der Waals surface area contributed by atoms with E-state index in [0.717, 1.165) is 39.7 Å². The molecule has 0 aliphatic carbocycles. The van der Waals surface area contributed by atoms with Gasteiger partial charge >= 0.3 is 0 Å². The summed E-state index contributed by atoms with van der Waals surface area (Å²) < 4.78 is 2.06. The monoisotopic (exact) mass is 470 g/mol. The molecule has 0 spiro atoms. The van der Waals surface area contributed by atoms with Crippen LogP contribution in [0, 0.1) is 6.57 Å². The van der Waals surface area contributed by atoms with Crippen molar-refractivity contribution in [3.05, 3.63) is 131 Å². The Morgan fingerprint density at radius 3 is 2.47 bits per heavy atom.